The normalized spacial score (nSPS) is 11.5. The molecule has 4 nitrogen and oxygen atoms in total. The lowest BCUT2D eigenvalue weighted by molar-refractivity contribution is 0.0953. The van der Waals surface area contributed by atoms with E-state index in [-0.39, 0.29) is 5.91 Å². The van der Waals surface area contributed by atoms with Crippen molar-refractivity contribution in [2.75, 3.05) is 0 Å². The monoisotopic (exact) mass is 194 g/mol. The Hall–Kier alpha value is -1.58. The van der Waals surface area contributed by atoms with E-state index in [0.717, 1.165) is 12.1 Å². The van der Waals surface area contributed by atoms with Crippen LogP contribution in [-0.4, -0.2) is 11.6 Å². The van der Waals surface area contributed by atoms with Gasteiger partial charge >= 0.3 is 0 Å². The molecule has 0 radical (unpaired) electrons. The van der Waals surface area contributed by atoms with Crippen molar-refractivity contribution in [3.63, 3.8) is 0 Å². The second-order valence-electron chi connectivity index (χ2n) is 3.03. The van der Waals surface area contributed by atoms with Gasteiger partial charge < -0.3 is 4.42 Å². The van der Waals surface area contributed by atoms with Crippen LogP contribution in [0, 0.1) is 6.92 Å². The summed E-state index contributed by atoms with van der Waals surface area (Å²) in [5, 5.41) is 3.92. The summed E-state index contributed by atoms with van der Waals surface area (Å²) < 4.78 is 5.01. The number of hydrogen-bond donors (Lipinski definition) is 1. The number of hydrazone groups is 1. The highest BCUT2D eigenvalue weighted by atomic mass is 16.3. The van der Waals surface area contributed by atoms with Crippen molar-refractivity contribution in [3.05, 3.63) is 23.7 Å². The molecule has 76 valence electrons. The van der Waals surface area contributed by atoms with Gasteiger partial charge in [0.15, 0.2) is 0 Å². The van der Waals surface area contributed by atoms with Crippen molar-refractivity contribution in [1.82, 2.24) is 5.43 Å². The fourth-order valence-corrected chi connectivity index (χ4v) is 0.906. The van der Waals surface area contributed by atoms with Gasteiger partial charge in [0.05, 0.1) is 11.8 Å². The number of nitrogens with zero attached hydrogens (tertiary/aromatic N) is 1. The highest BCUT2D eigenvalue weighted by Crippen LogP contribution is 2.07. The molecule has 1 aromatic rings. The van der Waals surface area contributed by atoms with Gasteiger partial charge in [-0.25, -0.2) is 5.43 Å². The SMILES string of the molecule is CC/C(C)=N/NC(=O)c1ccoc1C. The lowest BCUT2D eigenvalue weighted by Gasteiger charge is -1.99. The van der Waals surface area contributed by atoms with Crippen molar-refractivity contribution < 1.29 is 9.21 Å². The molecule has 4 heteroatoms. The molecule has 0 aromatic carbocycles. The number of furan rings is 1. The Labute approximate surface area is 83.0 Å². The zero-order chi connectivity index (χ0) is 10.6. The number of nitrogens with one attached hydrogen (secondary N) is 1. The number of rotatable bonds is 3. The number of amides is 1. The van der Waals surface area contributed by atoms with Gasteiger partial charge in [0.1, 0.15) is 5.76 Å². The van der Waals surface area contributed by atoms with E-state index in [9.17, 15) is 4.79 Å². The maximum absolute atomic E-state index is 11.5. The summed E-state index contributed by atoms with van der Waals surface area (Å²) in [7, 11) is 0. The van der Waals surface area contributed by atoms with Crippen LogP contribution in [0.2, 0.25) is 0 Å². The molecule has 0 bridgehead atoms. The second-order valence-corrected chi connectivity index (χ2v) is 3.03. The summed E-state index contributed by atoms with van der Waals surface area (Å²) in [6.45, 7) is 5.59. The van der Waals surface area contributed by atoms with Crippen molar-refractivity contribution in [2.24, 2.45) is 5.10 Å². The zero-order valence-electron chi connectivity index (χ0n) is 8.63. The van der Waals surface area contributed by atoms with Crippen LogP contribution in [-0.2, 0) is 0 Å². The molecular weight excluding hydrogens is 180 g/mol. The third-order valence-corrected chi connectivity index (χ3v) is 1.96. The highest BCUT2D eigenvalue weighted by molar-refractivity contribution is 5.95. The third kappa shape index (κ3) is 2.45. The number of aryl methyl sites for hydroxylation is 1. The van der Waals surface area contributed by atoms with E-state index in [1.54, 1.807) is 13.0 Å². The van der Waals surface area contributed by atoms with Crippen LogP contribution in [0.3, 0.4) is 0 Å². The average Bonchev–Trinajstić information content (AvgIpc) is 2.60. The predicted octanol–water partition coefficient (Wildman–Crippen LogP) is 2.10. The van der Waals surface area contributed by atoms with E-state index in [2.05, 4.69) is 10.5 Å². The van der Waals surface area contributed by atoms with Crippen LogP contribution < -0.4 is 5.43 Å². The van der Waals surface area contributed by atoms with Crippen LogP contribution in [0.4, 0.5) is 0 Å². The highest BCUT2D eigenvalue weighted by Gasteiger charge is 2.09. The molecule has 0 aliphatic carbocycles. The zero-order valence-corrected chi connectivity index (χ0v) is 8.63. The Morgan fingerprint density at radius 2 is 2.36 bits per heavy atom. The molecule has 0 aliphatic heterocycles. The number of hydrogen-bond acceptors (Lipinski definition) is 3. The summed E-state index contributed by atoms with van der Waals surface area (Å²) in [5.41, 5.74) is 3.88. The van der Waals surface area contributed by atoms with Gasteiger partial charge in [-0.05, 0) is 26.3 Å². The first kappa shape index (κ1) is 10.5. The van der Waals surface area contributed by atoms with Gasteiger partial charge in [-0.15, -0.1) is 0 Å². The topological polar surface area (TPSA) is 54.6 Å². The molecular formula is C10H14N2O2. The van der Waals surface area contributed by atoms with Gasteiger partial charge in [-0.1, -0.05) is 6.92 Å². The van der Waals surface area contributed by atoms with Crippen LogP contribution in [0.25, 0.3) is 0 Å². The fourth-order valence-electron chi connectivity index (χ4n) is 0.906. The summed E-state index contributed by atoms with van der Waals surface area (Å²) in [6, 6.07) is 1.63. The summed E-state index contributed by atoms with van der Waals surface area (Å²) in [6.07, 6.45) is 2.31. The fraction of sp³-hybridized carbons (Fsp3) is 0.400. The quantitative estimate of drug-likeness (QED) is 0.591. The molecule has 0 aliphatic rings. The summed E-state index contributed by atoms with van der Waals surface area (Å²) in [4.78, 5) is 11.5. The molecule has 14 heavy (non-hydrogen) atoms. The van der Waals surface area contributed by atoms with Gasteiger partial charge in [-0.3, -0.25) is 4.79 Å². The van der Waals surface area contributed by atoms with E-state index < -0.39 is 0 Å². The van der Waals surface area contributed by atoms with E-state index in [4.69, 9.17) is 4.42 Å². The Balaban J connectivity index is 2.65. The van der Waals surface area contributed by atoms with Crippen LogP contribution >= 0.6 is 0 Å². The Morgan fingerprint density at radius 1 is 1.64 bits per heavy atom. The van der Waals surface area contributed by atoms with Crippen molar-refractivity contribution in [2.45, 2.75) is 27.2 Å². The minimum absolute atomic E-state index is 0.232. The minimum Gasteiger partial charge on any atom is -0.469 e. The molecule has 0 atom stereocenters. The number of carbonyl (C=O) groups excluding carboxylic acids is 1. The van der Waals surface area contributed by atoms with Gasteiger partial charge in [-0.2, -0.15) is 5.10 Å². The molecule has 1 rings (SSSR count). The molecule has 1 heterocycles. The maximum atomic E-state index is 11.5. The van der Waals surface area contributed by atoms with Gasteiger partial charge in [0, 0.05) is 5.71 Å². The molecule has 1 aromatic heterocycles. The molecule has 0 saturated carbocycles. The first-order chi connectivity index (χ1) is 6.65. The molecule has 1 N–H and O–H groups in total. The lowest BCUT2D eigenvalue weighted by atomic mass is 10.2. The molecule has 0 fully saturated rings. The van der Waals surface area contributed by atoms with Crippen LogP contribution in [0.5, 0.6) is 0 Å². The Kier molecular flexibility index (Phi) is 3.45. The minimum atomic E-state index is -0.232. The lowest BCUT2D eigenvalue weighted by Crippen LogP contribution is -2.19. The molecule has 1 amide bonds. The average molecular weight is 194 g/mol. The van der Waals surface area contributed by atoms with Gasteiger partial charge in [0.25, 0.3) is 5.91 Å². The first-order valence-electron chi connectivity index (χ1n) is 4.52. The largest absolute Gasteiger partial charge is 0.469 e. The van der Waals surface area contributed by atoms with E-state index in [1.165, 1.54) is 6.26 Å². The van der Waals surface area contributed by atoms with E-state index >= 15 is 0 Å². The molecule has 0 spiro atoms. The van der Waals surface area contributed by atoms with Gasteiger partial charge in [0.2, 0.25) is 0 Å². The van der Waals surface area contributed by atoms with Crippen LogP contribution in [0.1, 0.15) is 36.4 Å². The molecule has 0 saturated heterocycles. The first-order valence-corrected chi connectivity index (χ1v) is 4.52. The smallest absolute Gasteiger partial charge is 0.274 e. The standard InChI is InChI=1S/C10H14N2O2/c1-4-7(2)11-12-10(13)9-5-6-14-8(9)3/h5-6H,4H2,1-3H3,(H,12,13)/b11-7+. The predicted molar refractivity (Wildman–Crippen MR) is 54.3 cm³/mol. The van der Waals surface area contributed by atoms with E-state index in [1.807, 2.05) is 13.8 Å². The Morgan fingerprint density at radius 3 is 2.86 bits per heavy atom. The Bertz CT molecular complexity index is 353. The second kappa shape index (κ2) is 4.60. The van der Waals surface area contributed by atoms with Crippen LogP contribution in [0.15, 0.2) is 21.8 Å². The van der Waals surface area contributed by atoms with Crippen molar-refractivity contribution >= 4 is 11.6 Å². The maximum Gasteiger partial charge on any atom is 0.274 e. The third-order valence-electron chi connectivity index (χ3n) is 1.96. The molecule has 0 unspecified atom stereocenters. The van der Waals surface area contributed by atoms with E-state index in [0.29, 0.717) is 11.3 Å². The summed E-state index contributed by atoms with van der Waals surface area (Å²) >= 11 is 0. The number of carbonyl (C=O) groups is 1. The van der Waals surface area contributed by atoms with Crippen molar-refractivity contribution in [3.8, 4) is 0 Å². The van der Waals surface area contributed by atoms with Crippen molar-refractivity contribution in [1.29, 1.82) is 0 Å². The summed E-state index contributed by atoms with van der Waals surface area (Å²) in [5.74, 6) is 0.371.